The van der Waals surface area contributed by atoms with Crippen molar-refractivity contribution >= 4 is 41.5 Å². The zero-order chi connectivity index (χ0) is 18.4. The Morgan fingerprint density at radius 3 is 2.69 bits per heavy atom. The quantitative estimate of drug-likeness (QED) is 0.367. The lowest BCUT2D eigenvalue weighted by atomic mass is 10.2. The van der Waals surface area contributed by atoms with E-state index in [1.165, 1.54) is 0 Å². The first kappa shape index (κ1) is 22.4. The maximum Gasteiger partial charge on any atom is 0.194 e. The van der Waals surface area contributed by atoms with Crippen LogP contribution in [0.3, 0.4) is 0 Å². The lowest BCUT2D eigenvalue weighted by molar-refractivity contribution is 0.410. The van der Waals surface area contributed by atoms with Crippen LogP contribution in [0.25, 0.3) is 0 Å². The first-order valence-corrected chi connectivity index (χ1v) is 8.48. The number of hydrogen-bond acceptors (Lipinski definition) is 3. The molecule has 0 fully saturated rings. The summed E-state index contributed by atoms with van der Waals surface area (Å²) in [6.45, 7) is 3.79. The van der Waals surface area contributed by atoms with Gasteiger partial charge < -0.3 is 24.6 Å². The molecule has 0 unspecified atom stereocenters. The molecule has 0 saturated heterocycles. The molecule has 0 saturated carbocycles. The normalized spacial score (nSPS) is 11.0. The number of nitrogens with zero attached hydrogens (tertiary/aromatic N) is 3. The summed E-state index contributed by atoms with van der Waals surface area (Å²) in [6.07, 6.45) is 1.88. The standard InChI is InChI=1S/C18H25ClN4O2.HI/c1-5-20-18(23(3)12-15-9-14(19)11-22(15)2)21-10-13-8-16(25-4)6-7-17(13)24;/h6-9,11,24H,5,10,12H2,1-4H3,(H,20,21);1H. The fourth-order valence-electron chi connectivity index (χ4n) is 2.49. The van der Waals surface area contributed by atoms with Gasteiger partial charge in [-0.15, -0.1) is 24.0 Å². The summed E-state index contributed by atoms with van der Waals surface area (Å²) in [5.74, 6) is 1.65. The van der Waals surface area contributed by atoms with Crippen LogP contribution in [-0.4, -0.2) is 41.2 Å². The molecule has 1 aromatic heterocycles. The van der Waals surface area contributed by atoms with Crippen molar-refractivity contribution in [1.29, 1.82) is 0 Å². The Hall–Kier alpha value is -1.61. The second-order valence-electron chi connectivity index (χ2n) is 5.78. The molecular formula is C18H26ClIN4O2. The molecule has 2 aromatic rings. The fraction of sp³-hybridized carbons (Fsp3) is 0.389. The van der Waals surface area contributed by atoms with Crippen molar-refractivity contribution in [2.24, 2.45) is 12.0 Å². The molecule has 0 aliphatic carbocycles. The van der Waals surface area contributed by atoms with E-state index in [-0.39, 0.29) is 29.7 Å². The van der Waals surface area contributed by atoms with E-state index in [2.05, 4.69) is 10.3 Å². The minimum atomic E-state index is 0. The van der Waals surface area contributed by atoms with Crippen molar-refractivity contribution in [3.63, 3.8) is 0 Å². The van der Waals surface area contributed by atoms with Crippen molar-refractivity contribution in [2.75, 3.05) is 20.7 Å². The van der Waals surface area contributed by atoms with Gasteiger partial charge in [0.15, 0.2) is 5.96 Å². The van der Waals surface area contributed by atoms with Gasteiger partial charge in [0.05, 0.1) is 25.2 Å². The number of phenols is 1. The number of benzene rings is 1. The maximum atomic E-state index is 10.0. The zero-order valence-electron chi connectivity index (χ0n) is 15.5. The Balaban J connectivity index is 0.00000338. The van der Waals surface area contributed by atoms with Gasteiger partial charge in [0.1, 0.15) is 11.5 Å². The number of aromatic hydroxyl groups is 1. The van der Waals surface area contributed by atoms with E-state index in [1.54, 1.807) is 25.3 Å². The molecule has 0 amide bonds. The third-order valence-electron chi connectivity index (χ3n) is 3.86. The largest absolute Gasteiger partial charge is 0.508 e. The van der Waals surface area contributed by atoms with E-state index in [4.69, 9.17) is 16.3 Å². The third kappa shape index (κ3) is 5.98. The molecule has 2 N–H and O–H groups in total. The summed E-state index contributed by atoms with van der Waals surface area (Å²) in [5, 5.41) is 14.0. The Bertz CT molecular complexity index is 749. The van der Waals surface area contributed by atoms with E-state index >= 15 is 0 Å². The minimum absolute atomic E-state index is 0. The van der Waals surface area contributed by atoms with Crippen LogP contribution in [0.4, 0.5) is 0 Å². The van der Waals surface area contributed by atoms with Crippen LogP contribution in [0, 0.1) is 0 Å². The van der Waals surface area contributed by atoms with Crippen LogP contribution in [0.2, 0.25) is 5.02 Å². The summed E-state index contributed by atoms with van der Waals surface area (Å²) in [4.78, 5) is 6.65. The summed E-state index contributed by atoms with van der Waals surface area (Å²) in [6, 6.07) is 7.07. The molecule has 26 heavy (non-hydrogen) atoms. The number of phenolic OH excluding ortho intramolecular Hbond substituents is 1. The minimum Gasteiger partial charge on any atom is -0.508 e. The summed E-state index contributed by atoms with van der Waals surface area (Å²) < 4.78 is 7.20. The van der Waals surface area contributed by atoms with Gasteiger partial charge in [-0.1, -0.05) is 11.6 Å². The number of aromatic nitrogens is 1. The number of halogens is 2. The van der Waals surface area contributed by atoms with Gasteiger partial charge in [0.2, 0.25) is 0 Å². The molecule has 1 heterocycles. The SMILES string of the molecule is CCNC(=NCc1cc(OC)ccc1O)N(C)Cc1cc(Cl)cn1C.I. The molecule has 0 atom stereocenters. The first-order chi connectivity index (χ1) is 11.9. The molecule has 0 aliphatic rings. The summed E-state index contributed by atoms with van der Waals surface area (Å²) in [7, 11) is 5.53. The number of rotatable bonds is 6. The van der Waals surface area contributed by atoms with Crippen molar-refractivity contribution in [3.8, 4) is 11.5 Å². The number of aliphatic imine (C=N–C) groups is 1. The van der Waals surface area contributed by atoms with Crippen molar-refractivity contribution < 1.29 is 9.84 Å². The van der Waals surface area contributed by atoms with Gasteiger partial charge in [-0.2, -0.15) is 0 Å². The van der Waals surface area contributed by atoms with Crippen LogP contribution in [0.1, 0.15) is 18.2 Å². The molecule has 0 aliphatic heterocycles. The summed E-state index contributed by atoms with van der Waals surface area (Å²) in [5.41, 5.74) is 1.80. The Kier molecular flexibility index (Phi) is 9.07. The second kappa shape index (κ2) is 10.5. The monoisotopic (exact) mass is 492 g/mol. The third-order valence-corrected chi connectivity index (χ3v) is 4.06. The highest BCUT2D eigenvalue weighted by molar-refractivity contribution is 14.0. The van der Waals surface area contributed by atoms with E-state index in [0.717, 1.165) is 18.2 Å². The van der Waals surface area contributed by atoms with Crippen LogP contribution in [0.15, 0.2) is 35.5 Å². The molecule has 144 valence electrons. The number of nitrogens with one attached hydrogen (secondary N) is 1. The predicted molar refractivity (Wildman–Crippen MR) is 117 cm³/mol. The number of aryl methyl sites for hydroxylation is 1. The van der Waals surface area contributed by atoms with E-state index in [1.807, 2.05) is 42.7 Å². The van der Waals surface area contributed by atoms with Crippen molar-refractivity contribution in [2.45, 2.75) is 20.0 Å². The van der Waals surface area contributed by atoms with Gasteiger partial charge in [-0.3, -0.25) is 0 Å². The van der Waals surface area contributed by atoms with Gasteiger partial charge in [0.25, 0.3) is 0 Å². The average Bonchev–Trinajstić information content (AvgIpc) is 2.90. The molecular weight excluding hydrogens is 467 g/mol. The Labute approximate surface area is 176 Å². The number of hydrogen-bond donors (Lipinski definition) is 2. The van der Waals surface area contributed by atoms with Crippen LogP contribution >= 0.6 is 35.6 Å². The van der Waals surface area contributed by atoms with E-state index < -0.39 is 0 Å². The predicted octanol–water partition coefficient (Wildman–Crippen LogP) is 3.61. The second-order valence-corrected chi connectivity index (χ2v) is 6.22. The Morgan fingerprint density at radius 1 is 1.38 bits per heavy atom. The van der Waals surface area contributed by atoms with Crippen molar-refractivity contribution in [3.05, 3.63) is 46.7 Å². The van der Waals surface area contributed by atoms with Crippen LogP contribution in [-0.2, 0) is 20.1 Å². The van der Waals surface area contributed by atoms with E-state index in [0.29, 0.717) is 29.4 Å². The van der Waals surface area contributed by atoms with Gasteiger partial charge in [0, 0.05) is 38.1 Å². The first-order valence-electron chi connectivity index (χ1n) is 8.10. The van der Waals surface area contributed by atoms with E-state index in [9.17, 15) is 5.11 Å². The molecule has 0 spiro atoms. The highest BCUT2D eigenvalue weighted by Gasteiger charge is 2.10. The van der Waals surface area contributed by atoms with Crippen LogP contribution < -0.4 is 10.1 Å². The number of methoxy groups -OCH3 is 1. The fourth-order valence-corrected chi connectivity index (χ4v) is 2.76. The van der Waals surface area contributed by atoms with Gasteiger partial charge in [-0.25, -0.2) is 4.99 Å². The molecule has 0 radical (unpaired) electrons. The highest BCUT2D eigenvalue weighted by Crippen LogP contribution is 2.23. The smallest absolute Gasteiger partial charge is 0.194 e. The van der Waals surface area contributed by atoms with Gasteiger partial charge >= 0.3 is 0 Å². The maximum absolute atomic E-state index is 10.0. The average molecular weight is 493 g/mol. The number of guanidine groups is 1. The van der Waals surface area contributed by atoms with Gasteiger partial charge in [-0.05, 0) is 31.2 Å². The number of ether oxygens (including phenoxy) is 1. The topological polar surface area (TPSA) is 62.0 Å². The molecule has 6 nitrogen and oxygen atoms in total. The summed E-state index contributed by atoms with van der Waals surface area (Å²) >= 11 is 6.05. The molecule has 1 aromatic carbocycles. The van der Waals surface area contributed by atoms with Crippen molar-refractivity contribution in [1.82, 2.24) is 14.8 Å². The highest BCUT2D eigenvalue weighted by atomic mass is 127. The lowest BCUT2D eigenvalue weighted by Crippen LogP contribution is -2.38. The Morgan fingerprint density at radius 2 is 2.12 bits per heavy atom. The molecule has 8 heteroatoms. The lowest BCUT2D eigenvalue weighted by Gasteiger charge is -2.22. The molecule has 0 bridgehead atoms. The molecule has 2 rings (SSSR count). The van der Waals surface area contributed by atoms with Crippen LogP contribution in [0.5, 0.6) is 11.5 Å². The zero-order valence-corrected chi connectivity index (χ0v) is 18.6.